The first-order valence-corrected chi connectivity index (χ1v) is 12.7. The minimum Gasteiger partial charge on any atom is -0.462 e. The Kier molecular flexibility index (Phi) is 8.86. The molecule has 0 radical (unpaired) electrons. The SMILES string of the molecule is CCOC(=O)c1ccc(NC(=O)CCCN2C(=O)/C(=C/c3ccc(C(C)(C)C)cc3)SC2=S)cc1. The van der Waals surface area contributed by atoms with Crippen molar-refractivity contribution in [3.63, 3.8) is 0 Å². The van der Waals surface area contributed by atoms with Crippen molar-refractivity contribution in [2.75, 3.05) is 18.5 Å². The van der Waals surface area contributed by atoms with Gasteiger partial charge in [-0.05, 0) is 60.2 Å². The molecule has 0 bridgehead atoms. The lowest BCUT2D eigenvalue weighted by molar-refractivity contribution is -0.122. The molecule has 0 unspecified atom stereocenters. The summed E-state index contributed by atoms with van der Waals surface area (Å²) in [7, 11) is 0. The van der Waals surface area contributed by atoms with Crippen LogP contribution in [-0.4, -0.2) is 40.2 Å². The fraction of sp³-hybridized carbons (Fsp3) is 0.333. The lowest BCUT2D eigenvalue weighted by Gasteiger charge is -2.18. The van der Waals surface area contributed by atoms with Gasteiger partial charge in [0.05, 0.1) is 17.1 Å². The number of carbonyl (C=O) groups is 3. The monoisotopic (exact) mass is 510 g/mol. The molecule has 6 nitrogen and oxygen atoms in total. The fourth-order valence-corrected chi connectivity index (χ4v) is 4.76. The van der Waals surface area contributed by atoms with E-state index in [2.05, 4.69) is 38.2 Å². The number of hydrogen-bond acceptors (Lipinski definition) is 6. The van der Waals surface area contributed by atoms with Gasteiger partial charge in [0, 0.05) is 18.7 Å². The Hall–Kier alpha value is -2.97. The molecule has 0 aliphatic carbocycles. The first-order valence-electron chi connectivity index (χ1n) is 11.5. The molecule has 0 atom stereocenters. The molecular weight excluding hydrogens is 480 g/mol. The summed E-state index contributed by atoms with van der Waals surface area (Å²) < 4.78 is 5.45. The number of thioether (sulfide) groups is 1. The molecule has 1 N–H and O–H groups in total. The summed E-state index contributed by atoms with van der Waals surface area (Å²) >= 11 is 6.69. The fourth-order valence-electron chi connectivity index (χ4n) is 3.45. The molecule has 35 heavy (non-hydrogen) atoms. The summed E-state index contributed by atoms with van der Waals surface area (Å²) in [5.74, 6) is -0.700. The molecule has 1 fully saturated rings. The van der Waals surface area contributed by atoms with E-state index in [1.165, 1.54) is 17.3 Å². The average molecular weight is 511 g/mol. The molecule has 0 spiro atoms. The lowest BCUT2D eigenvalue weighted by atomic mass is 9.87. The summed E-state index contributed by atoms with van der Waals surface area (Å²) in [6.07, 6.45) is 2.58. The van der Waals surface area contributed by atoms with Crippen LogP contribution in [-0.2, 0) is 19.7 Å². The zero-order valence-electron chi connectivity index (χ0n) is 20.4. The molecule has 2 aromatic carbocycles. The molecule has 0 aromatic heterocycles. The Balaban J connectivity index is 1.50. The molecule has 0 saturated carbocycles. The third-order valence-corrected chi connectivity index (χ3v) is 6.79. The van der Waals surface area contributed by atoms with Crippen LogP contribution in [0.3, 0.4) is 0 Å². The van der Waals surface area contributed by atoms with Crippen molar-refractivity contribution in [3.8, 4) is 0 Å². The molecule has 3 rings (SSSR count). The minimum absolute atomic E-state index is 0.0698. The van der Waals surface area contributed by atoms with Crippen molar-refractivity contribution in [1.82, 2.24) is 4.90 Å². The van der Waals surface area contributed by atoms with Crippen LogP contribution < -0.4 is 5.32 Å². The zero-order valence-corrected chi connectivity index (χ0v) is 22.1. The van der Waals surface area contributed by atoms with Crippen LogP contribution in [0.1, 0.15) is 62.0 Å². The molecule has 1 aliphatic heterocycles. The van der Waals surface area contributed by atoms with E-state index in [1.54, 1.807) is 36.1 Å². The van der Waals surface area contributed by atoms with Crippen molar-refractivity contribution in [3.05, 3.63) is 70.1 Å². The molecule has 1 saturated heterocycles. The molecular formula is C27H30N2O4S2. The Bertz CT molecular complexity index is 1130. The van der Waals surface area contributed by atoms with Crippen LogP contribution >= 0.6 is 24.0 Å². The predicted molar refractivity (Wildman–Crippen MR) is 145 cm³/mol. The third kappa shape index (κ3) is 7.26. The number of hydrogen-bond donors (Lipinski definition) is 1. The first-order chi connectivity index (χ1) is 16.6. The van der Waals surface area contributed by atoms with E-state index in [-0.39, 0.29) is 23.7 Å². The molecule has 2 aromatic rings. The number of ether oxygens (including phenoxy) is 1. The maximum absolute atomic E-state index is 12.9. The van der Waals surface area contributed by atoms with Gasteiger partial charge in [-0.1, -0.05) is 69.0 Å². The summed E-state index contributed by atoms with van der Waals surface area (Å²) in [4.78, 5) is 39.0. The third-order valence-electron chi connectivity index (χ3n) is 5.41. The van der Waals surface area contributed by atoms with Gasteiger partial charge in [-0.25, -0.2) is 4.79 Å². The van der Waals surface area contributed by atoms with E-state index in [9.17, 15) is 14.4 Å². The van der Waals surface area contributed by atoms with Gasteiger partial charge in [-0.3, -0.25) is 14.5 Å². The highest BCUT2D eigenvalue weighted by Crippen LogP contribution is 2.33. The second kappa shape index (κ2) is 11.6. The van der Waals surface area contributed by atoms with Crippen LogP contribution in [0.4, 0.5) is 5.69 Å². The second-order valence-corrected chi connectivity index (χ2v) is 10.8. The van der Waals surface area contributed by atoms with Crippen LogP contribution in [0.15, 0.2) is 53.4 Å². The highest BCUT2D eigenvalue weighted by molar-refractivity contribution is 8.26. The van der Waals surface area contributed by atoms with Gasteiger partial charge in [-0.15, -0.1) is 0 Å². The second-order valence-electron chi connectivity index (χ2n) is 9.15. The number of thiocarbonyl (C=S) groups is 1. The Morgan fingerprint density at radius 1 is 1.09 bits per heavy atom. The van der Waals surface area contributed by atoms with Crippen LogP contribution in [0.5, 0.6) is 0 Å². The number of nitrogens with zero attached hydrogens (tertiary/aromatic N) is 1. The van der Waals surface area contributed by atoms with Gasteiger partial charge in [0.1, 0.15) is 4.32 Å². The summed E-state index contributed by atoms with van der Waals surface area (Å²) in [6.45, 7) is 8.91. The van der Waals surface area contributed by atoms with E-state index in [0.717, 1.165) is 5.56 Å². The van der Waals surface area contributed by atoms with E-state index in [1.807, 2.05) is 18.2 Å². The van der Waals surface area contributed by atoms with Crippen molar-refractivity contribution < 1.29 is 19.1 Å². The molecule has 184 valence electrons. The standard InChI is InChI=1S/C27H30N2O4S2/c1-5-33-25(32)19-10-14-21(15-11-19)28-23(30)7-6-16-29-24(31)22(35-26(29)34)17-18-8-12-20(13-9-18)27(2,3)4/h8-15,17H,5-7,16H2,1-4H3,(H,28,30)/b22-17-. The first kappa shape index (κ1) is 26.6. The van der Waals surface area contributed by atoms with Crippen molar-refractivity contribution in [1.29, 1.82) is 0 Å². The highest BCUT2D eigenvalue weighted by atomic mass is 32.2. The molecule has 8 heteroatoms. The van der Waals surface area contributed by atoms with Crippen molar-refractivity contribution in [2.24, 2.45) is 0 Å². The number of carbonyl (C=O) groups excluding carboxylic acids is 3. The molecule has 1 heterocycles. The van der Waals surface area contributed by atoms with Gasteiger partial charge in [-0.2, -0.15) is 0 Å². The maximum atomic E-state index is 12.9. The number of esters is 1. The largest absolute Gasteiger partial charge is 0.462 e. The van der Waals surface area contributed by atoms with Gasteiger partial charge in [0.15, 0.2) is 0 Å². The smallest absolute Gasteiger partial charge is 0.338 e. The zero-order chi connectivity index (χ0) is 25.6. The van der Waals surface area contributed by atoms with E-state index < -0.39 is 5.97 Å². The minimum atomic E-state index is -0.398. The lowest BCUT2D eigenvalue weighted by Crippen LogP contribution is -2.29. The molecule has 1 aliphatic rings. The Morgan fingerprint density at radius 2 is 1.74 bits per heavy atom. The van der Waals surface area contributed by atoms with Crippen molar-refractivity contribution >= 4 is 57.8 Å². The summed E-state index contributed by atoms with van der Waals surface area (Å²) in [6, 6.07) is 14.7. The van der Waals surface area contributed by atoms with Gasteiger partial charge in [0.25, 0.3) is 5.91 Å². The number of amides is 2. The van der Waals surface area contributed by atoms with E-state index in [4.69, 9.17) is 17.0 Å². The number of rotatable bonds is 8. The van der Waals surface area contributed by atoms with Crippen LogP contribution in [0, 0.1) is 0 Å². The summed E-state index contributed by atoms with van der Waals surface area (Å²) in [5.41, 5.74) is 3.27. The Morgan fingerprint density at radius 3 is 2.34 bits per heavy atom. The predicted octanol–water partition coefficient (Wildman–Crippen LogP) is 5.78. The van der Waals surface area contributed by atoms with Crippen molar-refractivity contribution in [2.45, 2.75) is 46.0 Å². The highest BCUT2D eigenvalue weighted by Gasteiger charge is 2.31. The van der Waals surface area contributed by atoms with Gasteiger partial charge >= 0.3 is 5.97 Å². The van der Waals surface area contributed by atoms with Gasteiger partial charge in [0.2, 0.25) is 5.91 Å². The van der Waals surface area contributed by atoms with E-state index >= 15 is 0 Å². The number of benzene rings is 2. The average Bonchev–Trinajstić information content (AvgIpc) is 3.07. The maximum Gasteiger partial charge on any atom is 0.338 e. The molecule has 2 amide bonds. The number of nitrogens with one attached hydrogen (secondary N) is 1. The Labute approximate surface area is 216 Å². The normalized spacial score (nSPS) is 15.0. The topological polar surface area (TPSA) is 75.7 Å². The number of anilines is 1. The summed E-state index contributed by atoms with van der Waals surface area (Å²) in [5, 5.41) is 2.80. The van der Waals surface area contributed by atoms with Gasteiger partial charge < -0.3 is 10.1 Å². The quantitative estimate of drug-likeness (QED) is 0.276. The van der Waals surface area contributed by atoms with Crippen LogP contribution in [0.25, 0.3) is 6.08 Å². The van der Waals surface area contributed by atoms with E-state index in [0.29, 0.717) is 40.0 Å². The van der Waals surface area contributed by atoms with Crippen LogP contribution in [0.2, 0.25) is 0 Å².